The number of rotatable bonds is 7. The molecular formula is C23H18ClF3N2O3S. The summed E-state index contributed by atoms with van der Waals surface area (Å²) in [6.45, 7) is -0.401. The number of thioether (sulfide) groups is 1. The van der Waals surface area contributed by atoms with Gasteiger partial charge in [0.1, 0.15) is 5.75 Å². The summed E-state index contributed by atoms with van der Waals surface area (Å²) in [6.07, 6.45) is -4.58. The van der Waals surface area contributed by atoms with Crippen LogP contribution in [0, 0.1) is 0 Å². The fraction of sp³-hybridized carbons (Fsp3) is 0.130. The SMILES string of the molecule is O=C(COc1ccccc1SCc1ccc(Cl)cc1)NNC(=O)c1cccc(C(F)(F)F)c1. The van der Waals surface area contributed by atoms with E-state index in [4.69, 9.17) is 16.3 Å². The van der Waals surface area contributed by atoms with Crippen LogP contribution in [0.5, 0.6) is 5.75 Å². The van der Waals surface area contributed by atoms with Crippen molar-refractivity contribution in [1.82, 2.24) is 10.9 Å². The summed E-state index contributed by atoms with van der Waals surface area (Å²) in [7, 11) is 0. The molecular weight excluding hydrogens is 477 g/mol. The van der Waals surface area contributed by atoms with E-state index in [0.717, 1.165) is 22.6 Å². The van der Waals surface area contributed by atoms with Gasteiger partial charge in [-0.05, 0) is 48.0 Å². The van der Waals surface area contributed by atoms with E-state index in [1.165, 1.54) is 17.8 Å². The molecule has 0 aliphatic heterocycles. The fourth-order valence-corrected chi connectivity index (χ4v) is 3.73. The highest BCUT2D eigenvalue weighted by Gasteiger charge is 2.30. The maximum Gasteiger partial charge on any atom is 0.416 e. The van der Waals surface area contributed by atoms with Crippen molar-refractivity contribution in [3.8, 4) is 5.75 Å². The summed E-state index contributed by atoms with van der Waals surface area (Å²) in [5.41, 5.74) is 4.07. The van der Waals surface area contributed by atoms with E-state index < -0.39 is 30.2 Å². The van der Waals surface area contributed by atoms with E-state index in [2.05, 4.69) is 10.9 Å². The van der Waals surface area contributed by atoms with Crippen LogP contribution in [0.4, 0.5) is 13.2 Å². The van der Waals surface area contributed by atoms with Crippen molar-refractivity contribution in [2.45, 2.75) is 16.8 Å². The smallest absolute Gasteiger partial charge is 0.416 e. The van der Waals surface area contributed by atoms with Gasteiger partial charge in [-0.1, -0.05) is 41.9 Å². The molecule has 0 spiro atoms. The van der Waals surface area contributed by atoms with Gasteiger partial charge in [0.2, 0.25) is 0 Å². The lowest BCUT2D eigenvalue weighted by atomic mass is 10.1. The second-order valence-electron chi connectivity index (χ2n) is 6.73. The summed E-state index contributed by atoms with van der Waals surface area (Å²) in [5.74, 6) is -0.409. The van der Waals surface area contributed by atoms with Gasteiger partial charge in [0, 0.05) is 21.2 Å². The van der Waals surface area contributed by atoms with Gasteiger partial charge < -0.3 is 4.74 Å². The molecule has 0 saturated heterocycles. The maximum atomic E-state index is 12.8. The number of amides is 2. The standard InChI is InChI=1S/C23H18ClF3N2O3S/c24-18-10-8-15(9-11-18)14-33-20-7-2-1-6-19(20)32-13-21(30)28-29-22(31)16-4-3-5-17(12-16)23(25,26)27/h1-12H,13-14H2,(H,28,30)(H,29,31). The van der Waals surface area contributed by atoms with Crippen molar-refractivity contribution in [3.63, 3.8) is 0 Å². The molecule has 33 heavy (non-hydrogen) atoms. The summed E-state index contributed by atoms with van der Waals surface area (Å²) in [4.78, 5) is 24.9. The van der Waals surface area contributed by atoms with Crippen LogP contribution in [0.2, 0.25) is 5.02 Å². The summed E-state index contributed by atoms with van der Waals surface area (Å²) in [5, 5.41) is 0.652. The molecule has 0 bridgehead atoms. The monoisotopic (exact) mass is 494 g/mol. The predicted molar refractivity (Wildman–Crippen MR) is 120 cm³/mol. The van der Waals surface area contributed by atoms with E-state index in [0.29, 0.717) is 22.6 Å². The first-order valence-electron chi connectivity index (χ1n) is 9.58. The van der Waals surface area contributed by atoms with E-state index in [-0.39, 0.29) is 5.56 Å². The zero-order chi connectivity index (χ0) is 23.8. The number of halogens is 4. The highest BCUT2D eigenvalue weighted by Crippen LogP contribution is 2.32. The van der Waals surface area contributed by atoms with Crippen LogP contribution in [0.1, 0.15) is 21.5 Å². The molecule has 0 radical (unpaired) electrons. The van der Waals surface area contributed by atoms with Crippen molar-refractivity contribution in [1.29, 1.82) is 0 Å². The average molecular weight is 495 g/mol. The number of ether oxygens (including phenoxy) is 1. The molecule has 0 unspecified atom stereocenters. The minimum absolute atomic E-state index is 0.241. The Morgan fingerprint density at radius 2 is 1.67 bits per heavy atom. The first kappa shape index (κ1) is 24.5. The van der Waals surface area contributed by atoms with E-state index in [9.17, 15) is 22.8 Å². The van der Waals surface area contributed by atoms with Gasteiger partial charge in [0.05, 0.1) is 5.56 Å². The van der Waals surface area contributed by atoms with Crippen LogP contribution in [-0.2, 0) is 16.7 Å². The molecule has 0 saturated carbocycles. The Kier molecular flexibility index (Phi) is 8.24. The first-order valence-corrected chi connectivity index (χ1v) is 10.9. The summed E-state index contributed by atoms with van der Waals surface area (Å²) < 4.78 is 43.9. The Hall–Kier alpha value is -3.17. The maximum absolute atomic E-state index is 12.8. The number of carbonyl (C=O) groups excluding carboxylic acids is 2. The molecule has 10 heteroatoms. The molecule has 0 fully saturated rings. The number of hydrogen-bond acceptors (Lipinski definition) is 4. The second kappa shape index (κ2) is 11.1. The second-order valence-corrected chi connectivity index (χ2v) is 8.19. The zero-order valence-corrected chi connectivity index (χ0v) is 18.6. The minimum atomic E-state index is -4.58. The molecule has 0 atom stereocenters. The Balaban J connectivity index is 1.51. The highest BCUT2D eigenvalue weighted by molar-refractivity contribution is 7.98. The predicted octanol–water partition coefficient (Wildman–Crippen LogP) is 5.49. The van der Waals surface area contributed by atoms with Gasteiger partial charge in [0.25, 0.3) is 11.8 Å². The van der Waals surface area contributed by atoms with Crippen molar-refractivity contribution >= 4 is 35.2 Å². The summed E-state index contributed by atoms with van der Waals surface area (Å²) >= 11 is 7.41. The van der Waals surface area contributed by atoms with Crippen LogP contribution in [0.3, 0.4) is 0 Å². The van der Waals surface area contributed by atoms with Crippen molar-refractivity contribution < 1.29 is 27.5 Å². The molecule has 3 rings (SSSR count). The largest absolute Gasteiger partial charge is 0.483 e. The van der Waals surface area contributed by atoms with Crippen molar-refractivity contribution in [2.24, 2.45) is 0 Å². The lowest BCUT2D eigenvalue weighted by molar-refractivity contribution is -0.137. The first-order chi connectivity index (χ1) is 15.7. The quantitative estimate of drug-likeness (QED) is 0.336. The normalized spacial score (nSPS) is 11.0. The molecule has 3 aromatic carbocycles. The summed E-state index contributed by atoms with van der Waals surface area (Å²) in [6, 6.07) is 18.5. The lowest BCUT2D eigenvalue weighted by Crippen LogP contribution is -2.43. The van der Waals surface area contributed by atoms with Gasteiger partial charge in [-0.15, -0.1) is 11.8 Å². The Labute approximate surface area is 197 Å². The van der Waals surface area contributed by atoms with Crippen LogP contribution >= 0.6 is 23.4 Å². The van der Waals surface area contributed by atoms with Gasteiger partial charge in [-0.3, -0.25) is 20.4 Å². The van der Waals surface area contributed by atoms with Crippen molar-refractivity contribution in [3.05, 3.63) is 94.5 Å². The Morgan fingerprint density at radius 3 is 2.39 bits per heavy atom. The Morgan fingerprint density at radius 1 is 0.939 bits per heavy atom. The van der Waals surface area contributed by atoms with Gasteiger partial charge in [0.15, 0.2) is 6.61 Å². The lowest BCUT2D eigenvalue weighted by Gasteiger charge is -2.12. The number of nitrogens with one attached hydrogen (secondary N) is 2. The van der Waals surface area contributed by atoms with Gasteiger partial charge in [-0.25, -0.2) is 0 Å². The van der Waals surface area contributed by atoms with Crippen LogP contribution in [0.25, 0.3) is 0 Å². The third-order valence-corrected chi connectivity index (χ3v) is 5.66. The van der Waals surface area contributed by atoms with Crippen LogP contribution in [-0.4, -0.2) is 18.4 Å². The van der Waals surface area contributed by atoms with Crippen molar-refractivity contribution in [2.75, 3.05) is 6.61 Å². The number of hydrogen-bond donors (Lipinski definition) is 2. The number of alkyl halides is 3. The molecule has 2 amide bonds. The highest BCUT2D eigenvalue weighted by atomic mass is 35.5. The third-order valence-electron chi connectivity index (χ3n) is 4.28. The van der Waals surface area contributed by atoms with Gasteiger partial charge in [-0.2, -0.15) is 13.2 Å². The molecule has 2 N–H and O–H groups in total. The molecule has 0 aliphatic rings. The molecule has 172 valence electrons. The number of benzene rings is 3. The minimum Gasteiger partial charge on any atom is -0.483 e. The molecule has 3 aromatic rings. The number of carbonyl (C=O) groups is 2. The van der Waals surface area contributed by atoms with E-state index >= 15 is 0 Å². The number of para-hydroxylation sites is 1. The van der Waals surface area contributed by atoms with Crippen LogP contribution in [0.15, 0.2) is 77.7 Å². The fourth-order valence-electron chi connectivity index (χ4n) is 2.65. The molecule has 0 aromatic heterocycles. The topological polar surface area (TPSA) is 67.4 Å². The van der Waals surface area contributed by atoms with E-state index in [1.54, 1.807) is 24.3 Å². The molecule has 0 aliphatic carbocycles. The third kappa shape index (κ3) is 7.44. The molecule has 0 heterocycles. The van der Waals surface area contributed by atoms with E-state index in [1.807, 2.05) is 24.3 Å². The Bertz CT molecular complexity index is 1120. The number of hydrazine groups is 1. The molecule has 5 nitrogen and oxygen atoms in total. The van der Waals surface area contributed by atoms with Gasteiger partial charge >= 0.3 is 6.18 Å². The zero-order valence-electron chi connectivity index (χ0n) is 17.0. The van der Waals surface area contributed by atoms with Crippen LogP contribution < -0.4 is 15.6 Å². The average Bonchev–Trinajstić information content (AvgIpc) is 2.81.